The highest BCUT2D eigenvalue weighted by Gasteiger charge is 2.55. The molecule has 2 unspecified atom stereocenters. The van der Waals surface area contributed by atoms with Crippen LogP contribution in [-0.2, 0) is 14.3 Å². The molecule has 0 aliphatic carbocycles. The Kier molecular flexibility index (Phi) is 8.48. The van der Waals surface area contributed by atoms with E-state index in [0.29, 0.717) is 12.0 Å². The van der Waals surface area contributed by atoms with Gasteiger partial charge in [-0.2, -0.15) is 0 Å². The lowest BCUT2D eigenvalue weighted by Gasteiger charge is -2.32. The SMILES string of the molecule is CC(C)CC(NC(=O)c1ccc(-c2csc(N3CCN(C)CC3)n2)cc1)C(=O)N1C[C@@H](C(F)F)C2OCC(=O)[C@H]21. The third kappa shape index (κ3) is 5.89. The average molecular weight is 576 g/mol. The first-order valence-corrected chi connectivity index (χ1v) is 14.5. The number of anilines is 1. The number of hydrogen-bond acceptors (Lipinski definition) is 8. The van der Waals surface area contributed by atoms with Crippen molar-refractivity contribution >= 4 is 34.1 Å². The molecule has 0 radical (unpaired) electrons. The van der Waals surface area contributed by atoms with Crippen LogP contribution in [0.15, 0.2) is 29.6 Å². The number of Topliss-reactive ketones (excluding diaryl/α,β-unsaturated/α-hetero) is 1. The van der Waals surface area contributed by atoms with Crippen molar-refractivity contribution in [2.75, 3.05) is 51.3 Å². The van der Waals surface area contributed by atoms with Crippen molar-refractivity contribution in [3.8, 4) is 11.3 Å². The molecule has 2 aromatic rings. The van der Waals surface area contributed by atoms with Crippen LogP contribution < -0.4 is 10.2 Å². The van der Waals surface area contributed by atoms with Gasteiger partial charge in [0.05, 0.1) is 17.7 Å². The number of likely N-dealkylation sites (N-methyl/N-ethyl adjacent to an activating group) is 1. The standard InChI is InChI=1S/C28H35F2N5O4S/c1-16(2)12-20(27(38)35-13-19(25(29)30)24-23(35)22(36)14-39-24)31-26(37)18-6-4-17(5-7-18)21-15-40-28(32-21)34-10-8-33(3)9-11-34/h4-7,15-16,19-20,23-25H,8-14H2,1-3H3,(H,31,37)/t19-,20?,23-,24?/m1/s1. The summed E-state index contributed by atoms with van der Waals surface area (Å²) in [7, 11) is 2.11. The van der Waals surface area contributed by atoms with E-state index in [-0.39, 0.29) is 24.9 Å². The minimum absolute atomic E-state index is 0.0376. The Labute approximate surface area is 236 Å². The molecule has 3 fully saturated rings. The van der Waals surface area contributed by atoms with Crippen molar-refractivity contribution in [3.05, 3.63) is 35.2 Å². The fourth-order valence-electron chi connectivity index (χ4n) is 5.61. The Morgan fingerprint density at radius 3 is 2.50 bits per heavy atom. The second kappa shape index (κ2) is 11.9. The van der Waals surface area contributed by atoms with Crippen LogP contribution in [-0.4, -0.2) is 103 Å². The zero-order chi connectivity index (χ0) is 28.6. The number of fused-ring (bicyclic) bond motifs is 1. The number of nitrogens with one attached hydrogen (secondary N) is 1. The monoisotopic (exact) mass is 575 g/mol. The largest absolute Gasteiger partial charge is 0.367 e. The minimum Gasteiger partial charge on any atom is -0.367 e. The lowest BCUT2D eigenvalue weighted by molar-refractivity contribution is -0.138. The van der Waals surface area contributed by atoms with E-state index < -0.39 is 42.3 Å². The van der Waals surface area contributed by atoms with Crippen LogP contribution in [0.25, 0.3) is 11.3 Å². The fourth-order valence-corrected chi connectivity index (χ4v) is 6.50. The third-order valence-corrected chi connectivity index (χ3v) is 8.75. The number of amides is 2. The molecule has 1 N–H and O–H groups in total. The first kappa shape index (κ1) is 28.6. The second-order valence-electron chi connectivity index (χ2n) is 11.2. The van der Waals surface area contributed by atoms with Gasteiger partial charge in [0.1, 0.15) is 18.7 Å². The Hall–Kier alpha value is -2.96. The molecular weight excluding hydrogens is 540 g/mol. The zero-order valence-corrected chi connectivity index (χ0v) is 23.7. The number of thiazole rings is 1. The summed E-state index contributed by atoms with van der Waals surface area (Å²) < 4.78 is 32.6. The smallest absolute Gasteiger partial charge is 0.251 e. The van der Waals surface area contributed by atoms with E-state index in [1.165, 1.54) is 4.90 Å². The molecule has 2 amide bonds. The number of piperazine rings is 1. The summed E-state index contributed by atoms with van der Waals surface area (Å²) >= 11 is 1.60. The summed E-state index contributed by atoms with van der Waals surface area (Å²) in [6.07, 6.45) is -3.43. The third-order valence-electron chi connectivity index (χ3n) is 7.85. The fraction of sp³-hybridized carbons (Fsp3) is 0.571. The van der Waals surface area contributed by atoms with Gasteiger partial charge in [0, 0.05) is 49.2 Å². The molecular formula is C28H35F2N5O4S. The van der Waals surface area contributed by atoms with Crippen molar-refractivity contribution in [3.63, 3.8) is 0 Å². The summed E-state index contributed by atoms with van der Waals surface area (Å²) in [5, 5.41) is 5.78. The number of carbonyl (C=O) groups is 3. The number of alkyl halides is 2. The van der Waals surface area contributed by atoms with E-state index in [2.05, 4.69) is 22.2 Å². The number of nitrogens with zero attached hydrogens (tertiary/aromatic N) is 4. The van der Waals surface area contributed by atoms with Crippen LogP contribution in [0.2, 0.25) is 0 Å². The number of likely N-dealkylation sites (tertiary alicyclic amines) is 1. The van der Waals surface area contributed by atoms with Crippen LogP contribution in [0.5, 0.6) is 0 Å². The topological polar surface area (TPSA) is 95.1 Å². The van der Waals surface area contributed by atoms with E-state index >= 15 is 0 Å². The molecule has 1 aromatic heterocycles. The zero-order valence-electron chi connectivity index (χ0n) is 22.9. The normalized spacial score (nSPS) is 24.2. The van der Waals surface area contributed by atoms with Crippen LogP contribution >= 0.6 is 11.3 Å². The van der Waals surface area contributed by atoms with Crippen LogP contribution in [0.3, 0.4) is 0 Å². The lowest BCUT2D eigenvalue weighted by Crippen LogP contribution is -2.52. The van der Waals surface area contributed by atoms with E-state index in [9.17, 15) is 23.2 Å². The van der Waals surface area contributed by atoms with E-state index in [0.717, 1.165) is 42.6 Å². The number of rotatable bonds is 8. The van der Waals surface area contributed by atoms with Gasteiger partial charge in [-0.1, -0.05) is 26.0 Å². The predicted octanol–water partition coefficient (Wildman–Crippen LogP) is 2.77. The van der Waals surface area contributed by atoms with Crippen molar-refractivity contribution in [2.45, 2.75) is 44.9 Å². The number of hydrogen-bond donors (Lipinski definition) is 1. The highest BCUT2D eigenvalue weighted by molar-refractivity contribution is 7.14. The number of benzene rings is 1. The van der Waals surface area contributed by atoms with Crippen LogP contribution in [0, 0.1) is 11.8 Å². The van der Waals surface area contributed by atoms with Gasteiger partial charge >= 0.3 is 0 Å². The van der Waals surface area contributed by atoms with Gasteiger partial charge in [-0.05, 0) is 31.5 Å². The average Bonchev–Trinajstić information content (AvgIpc) is 3.65. The number of ketones is 1. The molecule has 3 saturated heterocycles. The molecule has 4 atom stereocenters. The molecule has 12 heteroatoms. The molecule has 0 spiro atoms. The molecule has 5 rings (SSSR count). The highest BCUT2D eigenvalue weighted by Crippen LogP contribution is 2.36. The predicted molar refractivity (Wildman–Crippen MR) is 148 cm³/mol. The number of aromatic nitrogens is 1. The number of carbonyl (C=O) groups excluding carboxylic acids is 3. The summed E-state index contributed by atoms with van der Waals surface area (Å²) in [6, 6.07) is 5.02. The first-order valence-electron chi connectivity index (χ1n) is 13.7. The molecule has 1 aromatic carbocycles. The van der Waals surface area contributed by atoms with Gasteiger partial charge < -0.3 is 24.8 Å². The van der Waals surface area contributed by atoms with Gasteiger partial charge in [-0.15, -0.1) is 11.3 Å². The molecule has 9 nitrogen and oxygen atoms in total. The van der Waals surface area contributed by atoms with E-state index in [1.54, 1.807) is 23.5 Å². The van der Waals surface area contributed by atoms with Crippen molar-refractivity contribution in [1.82, 2.24) is 20.1 Å². The molecule has 216 valence electrons. The van der Waals surface area contributed by atoms with Crippen molar-refractivity contribution < 1.29 is 27.9 Å². The maximum absolute atomic E-state index is 13.6. The summed E-state index contributed by atoms with van der Waals surface area (Å²) in [5.41, 5.74) is 2.08. The Morgan fingerprint density at radius 2 is 1.85 bits per heavy atom. The Morgan fingerprint density at radius 1 is 1.15 bits per heavy atom. The van der Waals surface area contributed by atoms with Crippen molar-refractivity contribution in [1.29, 1.82) is 0 Å². The highest BCUT2D eigenvalue weighted by atomic mass is 32.1. The maximum atomic E-state index is 13.6. The first-order chi connectivity index (χ1) is 19.1. The van der Waals surface area contributed by atoms with E-state index in [4.69, 9.17) is 9.72 Å². The summed E-state index contributed by atoms with van der Waals surface area (Å²) in [6.45, 7) is 7.10. The molecule has 0 saturated carbocycles. The summed E-state index contributed by atoms with van der Waals surface area (Å²) in [5.74, 6) is -2.56. The quantitative estimate of drug-likeness (QED) is 0.517. The molecule has 4 heterocycles. The number of halogens is 2. The van der Waals surface area contributed by atoms with Gasteiger partial charge in [0.2, 0.25) is 12.3 Å². The molecule has 0 bridgehead atoms. The molecule has 40 heavy (non-hydrogen) atoms. The lowest BCUT2D eigenvalue weighted by atomic mass is 10.0. The summed E-state index contributed by atoms with van der Waals surface area (Å²) in [4.78, 5) is 49.7. The number of ether oxygens (including phenoxy) is 1. The van der Waals surface area contributed by atoms with Gasteiger partial charge in [-0.3, -0.25) is 14.4 Å². The van der Waals surface area contributed by atoms with Crippen molar-refractivity contribution in [2.24, 2.45) is 11.8 Å². The Bertz CT molecular complexity index is 1230. The van der Waals surface area contributed by atoms with Gasteiger partial charge in [0.15, 0.2) is 10.9 Å². The van der Waals surface area contributed by atoms with E-state index in [1.807, 2.05) is 31.4 Å². The second-order valence-corrected chi connectivity index (χ2v) is 12.1. The van der Waals surface area contributed by atoms with Crippen LogP contribution in [0.4, 0.5) is 13.9 Å². The molecule has 3 aliphatic heterocycles. The Balaban J connectivity index is 1.27. The minimum atomic E-state index is -2.72. The molecule has 3 aliphatic rings. The van der Waals surface area contributed by atoms with Gasteiger partial charge in [-0.25, -0.2) is 13.8 Å². The van der Waals surface area contributed by atoms with Crippen LogP contribution in [0.1, 0.15) is 30.6 Å². The maximum Gasteiger partial charge on any atom is 0.251 e. The van der Waals surface area contributed by atoms with Gasteiger partial charge in [0.25, 0.3) is 5.91 Å².